The minimum absolute atomic E-state index is 0.0135. The van der Waals surface area contributed by atoms with Crippen molar-refractivity contribution in [3.63, 3.8) is 0 Å². The number of hydrogen-bond donors (Lipinski definition) is 2. The first-order valence-electron chi connectivity index (χ1n) is 13.2. The molecule has 208 valence electrons. The molecule has 0 radical (unpaired) electrons. The predicted octanol–water partition coefficient (Wildman–Crippen LogP) is 4.36. The number of aromatic nitrogens is 3. The van der Waals surface area contributed by atoms with Gasteiger partial charge in [-0.25, -0.2) is 4.39 Å². The molecule has 9 nitrogen and oxygen atoms in total. The van der Waals surface area contributed by atoms with Crippen molar-refractivity contribution in [1.29, 1.82) is 0 Å². The summed E-state index contributed by atoms with van der Waals surface area (Å²) in [6, 6.07) is 13.8. The third-order valence-electron chi connectivity index (χ3n) is 6.80. The van der Waals surface area contributed by atoms with E-state index in [0.717, 1.165) is 61.6 Å². The minimum Gasteiger partial charge on any atom is -0.492 e. The average molecular weight is 564 g/mol. The molecule has 3 heterocycles. The van der Waals surface area contributed by atoms with Crippen molar-refractivity contribution in [2.75, 3.05) is 57.7 Å². The van der Waals surface area contributed by atoms with Crippen LogP contribution in [0.3, 0.4) is 0 Å². The molecule has 1 fully saturated rings. The molecule has 2 aromatic heterocycles. The Balaban J connectivity index is 1.17. The van der Waals surface area contributed by atoms with Crippen molar-refractivity contribution >= 4 is 39.8 Å². The van der Waals surface area contributed by atoms with E-state index in [1.54, 1.807) is 25.4 Å². The summed E-state index contributed by atoms with van der Waals surface area (Å²) in [7, 11) is 0. The number of nitrogens with one attached hydrogen (secondary N) is 2. The number of carbonyl (C=O) groups excluding carboxylic acids is 1. The van der Waals surface area contributed by atoms with Crippen LogP contribution >= 0.6 is 11.6 Å². The van der Waals surface area contributed by atoms with E-state index < -0.39 is 5.82 Å². The second kappa shape index (κ2) is 13.0. The number of hydrogen-bond acceptors (Lipinski definition) is 8. The minimum atomic E-state index is -0.418. The van der Waals surface area contributed by atoms with Gasteiger partial charge in [0.1, 0.15) is 18.2 Å². The van der Waals surface area contributed by atoms with Gasteiger partial charge >= 0.3 is 0 Å². The zero-order chi connectivity index (χ0) is 27.9. The van der Waals surface area contributed by atoms with Crippen molar-refractivity contribution < 1.29 is 13.9 Å². The van der Waals surface area contributed by atoms with Gasteiger partial charge in [-0.15, -0.1) is 0 Å². The lowest BCUT2D eigenvalue weighted by Crippen LogP contribution is -2.49. The Labute approximate surface area is 237 Å². The first-order valence-corrected chi connectivity index (χ1v) is 13.6. The largest absolute Gasteiger partial charge is 0.492 e. The van der Waals surface area contributed by atoms with Crippen LogP contribution in [0.2, 0.25) is 5.02 Å². The van der Waals surface area contributed by atoms with Gasteiger partial charge in [-0.3, -0.25) is 19.6 Å². The van der Waals surface area contributed by atoms with Crippen LogP contribution in [-0.4, -0.2) is 83.3 Å². The highest BCUT2D eigenvalue weighted by Gasteiger charge is 2.16. The van der Waals surface area contributed by atoms with E-state index in [0.29, 0.717) is 29.6 Å². The standard InChI is InChI=1S/C29H31ClFN7O2/c1-20(39)32-8-9-37-10-12-38(13-11-37)14-15-40-23-3-4-24-27(6-7-33-28(24)18-23)35-22-17-29(36-34-19-22)25-16-21(30)2-5-26(25)31/h2-7,16-19H,8-15H2,1H3,(H,32,39)(H,33,35,36). The number of rotatable bonds is 10. The fourth-order valence-corrected chi connectivity index (χ4v) is 4.83. The zero-order valence-corrected chi connectivity index (χ0v) is 23.0. The molecule has 40 heavy (non-hydrogen) atoms. The number of anilines is 2. The molecular formula is C29H31ClFN7O2. The lowest BCUT2D eigenvalue weighted by Gasteiger charge is -2.34. The molecule has 11 heteroatoms. The SMILES string of the molecule is CC(=O)NCCN1CCN(CCOc2ccc3c(Nc4cnnc(-c5cc(Cl)ccc5F)c4)ccnc3c2)CC1. The second-order valence-electron chi connectivity index (χ2n) is 9.63. The van der Waals surface area contributed by atoms with E-state index in [9.17, 15) is 9.18 Å². The van der Waals surface area contributed by atoms with Crippen LogP contribution in [0.5, 0.6) is 5.75 Å². The van der Waals surface area contributed by atoms with Crippen LogP contribution in [0.15, 0.2) is 60.9 Å². The molecule has 4 aromatic rings. The molecule has 1 amide bonds. The van der Waals surface area contributed by atoms with E-state index in [2.05, 4.69) is 35.6 Å². The fourth-order valence-electron chi connectivity index (χ4n) is 4.66. The molecule has 2 aromatic carbocycles. The number of amides is 1. The lowest BCUT2D eigenvalue weighted by molar-refractivity contribution is -0.119. The first-order chi connectivity index (χ1) is 19.4. The van der Waals surface area contributed by atoms with Crippen LogP contribution in [0.1, 0.15) is 6.92 Å². The van der Waals surface area contributed by atoms with Gasteiger partial charge < -0.3 is 15.4 Å². The topological polar surface area (TPSA) is 95.5 Å². The third kappa shape index (κ3) is 7.20. The molecular weight excluding hydrogens is 533 g/mol. The van der Waals surface area contributed by atoms with E-state index in [-0.39, 0.29) is 11.5 Å². The Morgan fingerprint density at radius 2 is 1.85 bits per heavy atom. The van der Waals surface area contributed by atoms with Crippen LogP contribution in [0.4, 0.5) is 15.8 Å². The summed E-state index contributed by atoms with van der Waals surface area (Å²) in [6.45, 7) is 8.47. The quantitative estimate of drug-likeness (QED) is 0.294. The van der Waals surface area contributed by atoms with Gasteiger partial charge in [-0.1, -0.05) is 11.6 Å². The average Bonchev–Trinajstić information content (AvgIpc) is 2.95. The Kier molecular flexibility index (Phi) is 9.00. The summed E-state index contributed by atoms with van der Waals surface area (Å²) in [4.78, 5) is 20.3. The smallest absolute Gasteiger partial charge is 0.216 e. The fraction of sp³-hybridized carbons (Fsp3) is 0.310. The van der Waals surface area contributed by atoms with Gasteiger partial charge in [0.25, 0.3) is 0 Å². The molecule has 0 bridgehead atoms. The van der Waals surface area contributed by atoms with Gasteiger partial charge in [0.05, 0.1) is 23.1 Å². The highest BCUT2D eigenvalue weighted by atomic mass is 35.5. The second-order valence-corrected chi connectivity index (χ2v) is 10.1. The molecule has 0 aliphatic carbocycles. The molecule has 2 N–H and O–H groups in total. The summed E-state index contributed by atoms with van der Waals surface area (Å²) in [6.07, 6.45) is 3.31. The number of fused-ring (bicyclic) bond motifs is 1. The van der Waals surface area contributed by atoms with Crippen molar-refractivity contribution in [2.24, 2.45) is 0 Å². The van der Waals surface area contributed by atoms with E-state index in [1.165, 1.54) is 18.2 Å². The normalized spacial score (nSPS) is 14.3. The van der Waals surface area contributed by atoms with E-state index in [4.69, 9.17) is 16.3 Å². The van der Waals surface area contributed by atoms with Crippen LogP contribution < -0.4 is 15.4 Å². The highest BCUT2D eigenvalue weighted by Crippen LogP contribution is 2.30. The Morgan fingerprint density at radius 1 is 1.05 bits per heavy atom. The number of carbonyl (C=O) groups is 1. The number of pyridine rings is 1. The maximum absolute atomic E-state index is 14.3. The number of halogens is 2. The molecule has 0 atom stereocenters. The van der Waals surface area contributed by atoms with Crippen molar-refractivity contribution in [1.82, 2.24) is 30.3 Å². The van der Waals surface area contributed by atoms with Gasteiger partial charge in [0, 0.05) is 86.7 Å². The summed E-state index contributed by atoms with van der Waals surface area (Å²) in [5.41, 5.74) is 2.95. The van der Waals surface area contributed by atoms with Crippen molar-refractivity contribution in [3.05, 3.63) is 71.8 Å². The maximum Gasteiger partial charge on any atom is 0.216 e. The number of piperazine rings is 1. The molecule has 1 saturated heterocycles. The number of ether oxygens (including phenoxy) is 1. The Bertz CT molecular complexity index is 1480. The summed E-state index contributed by atoms with van der Waals surface area (Å²) < 4.78 is 20.4. The maximum atomic E-state index is 14.3. The molecule has 1 aliphatic rings. The summed E-state index contributed by atoms with van der Waals surface area (Å²) in [5.74, 6) is 0.355. The monoisotopic (exact) mass is 563 g/mol. The zero-order valence-electron chi connectivity index (χ0n) is 22.2. The van der Waals surface area contributed by atoms with Crippen LogP contribution in [0.25, 0.3) is 22.2 Å². The number of nitrogens with zero attached hydrogens (tertiary/aromatic N) is 5. The van der Waals surface area contributed by atoms with Crippen molar-refractivity contribution in [2.45, 2.75) is 6.92 Å². The van der Waals surface area contributed by atoms with Crippen LogP contribution in [0, 0.1) is 5.82 Å². The van der Waals surface area contributed by atoms with E-state index in [1.807, 2.05) is 24.3 Å². The molecule has 0 unspecified atom stereocenters. The highest BCUT2D eigenvalue weighted by molar-refractivity contribution is 6.30. The summed E-state index contributed by atoms with van der Waals surface area (Å²) in [5, 5.41) is 15.6. The third-order valence-corrected chi connectivity index (χ3v) is 7.03. The molecule has 5 rings (SSSR count). The Morgan fingerprint density at radius 3 is 2.65 bits per heavy atom. The van der Waals surface area contributed by atoms with E-state index >= 15 is 0 Å². The van der Waals surface area contributed by atoms with Gasteiger partial charge in [-0.05, 0) is 42.5 Å². The number of benzene rings is 2. The predicted molar refractivity (Wildman–Crippen MR) is 155 cm³/mol. The van der Waals surface area contributed by atoms with Crippen LogP contribution in [-0.2, 0) is 4.79 Å². The molecule has 0 saturated carbocycles. The lowest BCUT2D eigenvalue weighted by atomic mass is 10.1. The Hall–Kier alpha value is -3.86. The van der Waals surface area contributed by atoms with Gasteiger partial charge in [0.15, 0.2) is 0 Å². The van der Waals surface area contributed by atoms with Gasteiger partial charge in [0.2, 0.25) is 5.91 Å². The molecule has 0 spiro atoms. The first kappa shape index (κ1) is 27.7. The van der Waals surface area contributed by atoms with Crippen molar-refractivity contribution in [3.8, 4) is 17.0 Å². The van der Waals surface area contributed by atoms with Gasteiger partial charge in [-0.2, -0.15) is 10.2 Å². The molecule has 1 aliphatic heterocycles. The summed E-state index contributed by atoms with van der Waals surface area (Å²) >= 11 is 6.05.